The van der Waals surface area contributed by atoms with E-state index in [1.54, 1.807) is 14.0 Å². The van der Waals surface area contributed by atoms with Gasteiger partial charge in [0.25, 0.3) is 0 Å². The fraction of sp³-hybridized carbons (Fsp3) is 0.524. The summed E-state index contributed by atoms with van der Waals surface area (Å²) < 4.78 is 10.4. The van der Waals surface area contributed by atoms with Gasteiger partial charge < -0.3 is 29.7 Å². The highest BCUT2D eigenvalue weighted by molar-refractivity contribution is 5.87. The second-order valence-electron chi connectivity index (χ2n) is 16.1. The molecule has 4 heterocycles. The van der Waals surface area contributed by atoms with Crippen molar-refractivity contribution in [3.63, 3.8) is 0 Å². The maximum Gasteiger partial charge on any atom is 0.407 e. The van der Waals surface area contributed by atoms with Gasteiger partial charge >= 0.3 is 6.09 Å². The number of nitrogens with one attached hydrogen (secondary N) is 3. The van der Waals surface area contributed by atoms with Gasteiger partial charge in [0.2, 0.25) is 5.91 Å². The van der Waals surface area contributed by atoms with Crippen LogP contribution in [-0.4, -0.2) is 87.2 Å². The van der Waals surface area contributed by atoms with Crippen molar-refractivity contribution in [2.75, 3.05) is 21.3 Å². The highest BCUT2D eigenvalue weighted by Gasteiger charge is 2.50. The number of aromatic nitrogens is 4. The molecule has 0 bridgehead atoms. The summed E-state index contributed by atoms with van der Waals surface area (Å²) in [4.78, 5) is 48.0. The average molecular weight is 718 g/mol. The van der Waals surface area contributed by atoms with E-state index in [1.165, 1.54) is 60.6 Å². The fourth-order valence-corrected chi connectivity index (χ4v) is 10.6. The van der Waals surface area contributed by atoms with E-state index in [9.17, 15) is 9.59 Å². The van der Waals surface area contributed by atoms with Crippen molar-refractivity contribution >= 4 is 12.0 Å². The molecule has 2 aromatic carbocycles. The lowest BCUT2D eigenvalue weighted by atomic mass is 9.83. The molecule has 5 aliphatic rings. The number of methoxy groups -OCH3 is 2. The molecule has 4 aromatic rings. The van der Waals surface area contributed by atoms with Crippen LogP contribution in [0.15, 0.2) is 48.8 Å². The van der Waals surface area contributed by atoms with Crippen LogP contribution >= 0.6 is 0 Å². The molecule has 4 fully saturated rings. The van der Waals surface area contributed by atoms with Gasteiger partial charge in [0, 0.05) is 19.2 Å². The zero-order valence-electron chi connectivity index (χ0n) is 31.2. The van der Waals surface area contributed by atoms with Gasteiger partial charge in [-0.15, -0.1) is 0 Å². The van der Waals surface area contributed by atoms with Crippen LogP contribution in [0.4, 0.5) is 4.79 Å². The lowest BCUT2D eigenvalue weighted by Crippen LogP contribution is -2.55. The van der Waals surface area contributed by atoms with Gasteiger partial charge in [0.15, 0.2) is 0 Å². The second-order valence-corrected chi connectivity index (χ2v) is 16.1. The maximum atomic E-state index is 14.2. The van der Waals surface area contributed by atoms with E-state index in [4.69, 9.17) is 19.4 Å². The fourth-order valence-electron chi connectivity index (χ4n) is 10.6. The molecule has 278 valence electrons. The van der Waals surface area contributed by atoms with Crippen molar-refractivity contribution in [2.24, 2.45) is 11.8 Å². The molecule has 2 saturated carbocycles. The summed E-state index contributed by atoms with van der Waals surface area (Å²) in [7, 11) is 5.13. The van der Waals surface area contributed by atoms with Crippen molar-refractivity contribution in [1.82, 2.24) is 35.1 Å². The van der Waals surface area contributed by atoms with Crippen LogP contribution < -0.4 is 5.32 Å². The number of benzene rings is 2. The Labute approximate surface area is 311 Å². The minimum Gasteiger partial charge on any atom is -0.453 e. The van der Waals surface area contributed by atoms with Crippen LogP contribution in [0.1, 0.15) is 93.1 Å². The number of imidazole rings is 2. The molecule has 2 saturated heterocycles. The smallest absolute Gasteiger partial charge is 0.407 e. The third-order valence-electron chi connectivity index (χ3n) is 13.4. The number of nitrogens with zero attached hydrogens (tertiary/aromatic N) is 4. The van der Waals surface area contributed by atoms with E-state index in [1.807, 2.05) is 17.3 Å². The van der Waals surface area contributed by atoms with E-state index in [-0.39, 0.29) is 18.0 Å². The molecule has 0 spiro atoms. The van der Waals surface area contributed by atoms with Crippen LogP contribution in [0.5, 0.6) is 0 Å². The number of carbonyl (C=O) groups excluding carboxylic acids is 2. The van der Waals surface area contributed by atoms with Gasteiger partial charge in [0.05, 0.1) is 49.1 Å². The van der Waals surface area contributed by atoms with Crippen LogP contribution in [-0.2, 0) is 27.1 Å². The van der Waals surface area contributed by atoms with Crippen LogP contribution in [0.2, 0.25) is 0 Å². The predicted molar refractivity (Wildman–Crippen MR) is 202 cm³/mol. The summed E-state index contributed by atoms with van der Waals surface area (Å²) in [6, 6.07) is 13.7. The SMILES string of the molecule is COC(=O)NC(C(=O)N1C2CCCC2C[C@H]1c1ncc(-c2ccc3c(c2)CCc2cc(-c4cnc(C5CC6CCCC6N5C)[nH]4)ccc2-3)[nH]1)C(C)OC. The molecule has 9 rings (SSSR count). The Hall–Kier alpha value is -4.48. The molecule has 3 aliphatic carbocycles. The number of alkyl carbamates (subject to hydrolysis) is 1. The third kappa shape index (κ3) is 5.96. The first-order valence-electron chi connectivity index (χ1n) is 19.6. The number of amides is 2. The van der Waals surface area contributed by atoms with Crippen molar-refractivity contribution in [1.29, 1.82) is 0 Å². The summed E-state index contributed by atoms with van der Waals surface area (Å²) in [5, 5.41) is 2.73. The normalized spacial score (nSPS) is 27.2. The summed E-state index contributed by atoms with van der Waals surface area (Å²) in [6.07, 6.45) is 13.9. The average Bonchev–Trinajstić information content (AvgIpc) is 4.03. The predicted octanol–water partition coefficient (Wildman–Crippen LogP) is 6.98. The monoisotopic (exact) mass is 717 g/mol. The first-order valence-corrected chi connectivity index (χ1v) is 19.6. The minimum atomic E-state index is -0.862. The Morgan fingerprint density at radius 1 is 0.811 bits per heavy atom. The lowest BCUT2D eigenvalue weighted by Gasteiger charge is -2.34. The van der Waals surface area contributed by atoms with Gasteiger partial charge in [-0.3, -0.25) is 9.69 Å². The molecule has 53 heavy (non-hydrogen) atoms. The van der Waals surface area contributed by atoms with Gasteiger partial charge in [0.1, 0.15) is 17.7 Å². The Morgan fingerprint density at radius 2 is 1.38 bits per heavy atom. The number of hydrogen-bond acceptors (Lipinski definition) is 7. The number of H-pyrrole nitrogens is 2. The Bertz CT molecular complexity index is 2020. The summed E-state index contributed by atoms with van der Waals surface area (Å²) in [5.74, 6) is 2.94. The van der Waals surface area contributed by atoms with Gasteiger partial charge in [-0.1, -0.05) is 37.1 Å². The van der Waals surface area contributed by atoms with Gasteiger partial charge in [-0.2, -0.15) is 0 Å². The molecular formula is C42H51N7O4. The van der Waals surface area contributed by atoms with Crippen LogP contribution in [0.3, 0.4) is 0 Å². The molecule has 11 nitrogen and oxygen atoms in total. The van der Waals surface area contributed by atoms with Crippen LogP contribution in [0.25, 0.3) is 33.6 Å². The Balaban J connectivity index is 0.937. The van der Waals surface area contributed by atoms with Crippen molar-refractivity contribution in [3.8, 4) is 33.6 Å². The topological polar surface area (TPSA) is 128 Å². The number of fused-ring (bicyclic) bond motifs is 5. The third-order valence-corrected chi connectivity index (χ3v) is 13.4. The zero-order chi connectivity index (χ0) is 36.4. The largest absolute Gasteiger partial charge is 0.453 e. The molecule has 2 aromatic heterocycles. The number of aryl methyl sites for hydroxylation is 2. The van der Waals surface area contributed by atoms with E-state index in [2.05, 4.69) is 63.6 Å². The molecule has 0 radical (unpaired) electrons. The molecule has 2 amide bonds. The molecular weight excluding hydrogens is 667 g/mol. The first kappa shape index (κ1) is 34.3. The van der Waals surface area contributed by atoms with E-state index >= 15 is 0 Å². The van der Waals surface area contributed by atoms with Crippen molar-refractivity contribution < 1.29 is 19.1 Å². The first-order chi connectivity index (χ1) is 25.8. The maximum absolute atomic E-state index is 14.2. The molecule has 11 heteroatoms. The van der Waals surface area contributed by atoms with Gasteiger partial charge in [-0.05, 0) is 123 Å². The highest BCUT2D eigenvalue weighted by Crippen LogP contribution is 2.48. The molecule has 8 atom stereocenters. The summed E-state index contributed by atoms with van der Waals surface area (Å²) in [5.41, 5.74) is 9.59. The molecule has 7 unspecified atom stereocenters. The number of likely N-dealkylation sites (tertiary alicyclic amines) is 2. The zero-order valence-corrected chi connectivity index (χ0v) is 31.2. The Kier molecular flexibility index (Phi) is 8.89. The van der Waals surface area contributed by atoms with E-state index in [0.717, 1.165) is 73.0 Å². The number of ether oxygens (including phenoxy) is 2. The quantitative estimate of drug-likeness (QED) is 0.180. The van der Waals surface area contributed by atoms with E-state index in [0.29, 0.717) is 18.0 Å². The highest BCUT2D eigenvalue weighted by atomic mass is 16.5. The van der Waals surface area contributed by atoms with Crippen molar-refractivity contribution in [2.45, 2.75) is 107 Å². The summed E-state index contributed by atoms with van der Waals surface area (Å²) in [6.45, 7) is 1.79. The molecule has 2 aliphatic heterocycles. The van der Waals surface area contributed by atoms with Crippen LogP contribution in [0, 0.1) is 11.8 Å². The lowest BCUT2D eigenvalue weighted by molar-refractivity contribution is -0.140. The Morgan fingerprint density at radius 3 is 1.96 bits per heavy atom. The van der Waals surface area contributed by atoms with E-state index < -0.39 is 18.2 Å². The number of hydrogen-bond donors (Lipinski definition) is 3. The van der Waals surface area contributed by atoms with Gasteiger partial charge in [-0.25, -0.2) is 14.8 Å². The number of aromatic amines is 2. The summed E-state index contributed by atoms with van der Waals surface area (Å²) >= 11 is 0. The minimum absolute atomic E-state index is 0.111. The molecule has 3 N–H and O–H groups in total. The second kappa shape index (κ2) is 13.7. The standard InChI is InChI=1S/C42H51N7O4/c1-23(52-3)38(47-42(51)53-4)41(50)49-35-10-6-8-29(35)20-37(49)40-44-22-33(46-40)27-14-16-31-25(18-27)12-11-24-17-26(13-15-30(24)31)32-21-43-39(45-32)36-19-28-7-5-9-34(28)48(36)2/h13-18,21-23,28-29,34-38H,5-12,19-20H2,1-4H3,(H,43,45)(H,44,46)(H,47,51)/t23?,28?,29?,34?,35?,36?,37-,38?/m0/s1. The number of rotatable bonds is 8. The number of carbonyl (C=O) groups is 2. The van der Waals surface area contributed by atoms with Crippen molar-refractivity contribution in [3.05, 3.63) is 71.6 Å².